The molecule has 0 spiro atoms. The number of hydrogen-bond donors (Lipinski definition) is 1. The molecule has 1 aliphatic heterocycles. The van der Waals surface area contributed by atoms with Crippen molar-refractivity contribution >= 4 is 44.2 Å². The Morgan fingerprint density at radius 3 is 3.00 bits per heavy atom. The maximum atomic E-state index is 11.9. The summed E-state index contributed by atoms with van der Waals surface area (Å²) in [6, 6.07) is 5.69. The molecule has 20 heavy (non-hydrogen) atoms. The molecule has 6 heteroatoms. The maximum Gasteiger partial charge on any atom is 0.224 e. The quantitative estimate of drug-likeness (QED) is 0.941. The lowest BCUT2D eigenvalue weighted by Crippen LogP contribution is -2.29. The van der Waals surface area contributed by atoms with E-state index in [-0.39, 0.29) is 5.91 Å². The van der Waals surface area contributed by atoms with E-state index in [1.807, 2.05) is 23.1 Å². The van der Waals surface area contributed by atoms with Gasteiger partial charge in [-0.1, -0.05) is 22.9 Å². The summed E-state index contributed by atoms with van der Waals surface area (Å²) in [6.45, 7) is 2.46. The number of aromatic nitrogens is 1. The second-order valence-electron chi connectivity index (χ2n) is 4.90. The fourth-order valence-corrected chi connectivity index (χ4v) is 3.42. The van der Waals surface area contributed by atoms with E-state index in [2.05, 4.69) is 10.3 Å². The number of thiazole rings is 1. The van der Waals surface area contributed by atoms with Crippen LogP contribution in [0.2, 0.25) is 5.02 Å². The zero-order valence-electron chi connectivity index (χ0n) is 11.1. The molecule has 1 saturated heterocycles. The molecule has 0 unspecified atom stereocenters. The predicted molar refractivity (Wildman–Crippen MR) is 83.6 cm³/mol. The number of carbonyl (C=O) groups is 1. The summed E-state index contributed by atoms with van der Waals surface area (Å²) in [5.41, 5.74) is 0.899. The van der Waals surface area contributed by atoms with Crippen LogP contribution in [-0.4, -0.2) is 35.4 Å². The topological polar surface area (TPSA) is 45.2 Å². The molecular weight excluding hydrogens is 294 g/mol. The van der Waals surface area contributed by atoms with E-state index in [1.165, 1.54) is 0 Å². The summed E-state index contributed by atoms with van der Waals surface area (Å²) in [7, 11) is 0. The van der Waals surface area contributed by atoms with Crippen LogP contribution < -0.4 is 5.32 Å². The van der Waals surface area contributed by atoms with E-state index in [0.717, 1.165) is 41.3 Å². The van der Waals surface area contributed by atoms with Crippen LogP contribution in [0, 0.1) is 0 Å². The van der Waals surface area contributed by atoms with Gasteiger partial charge >= 0.3 is 0 Å². The first-order valence-corrected chi connectivity index (χ1v) is 7.99. The molecular formula is C14H16ClN3OS. The molecule has 1 aromatic carbocycles. The molecule has 1 aliphatic rings. The third-order valence-corrected chi connectivity index (χ3v) is 4.65. The Kier molecular flexibility index (Phi) is 4.08. The average Bonchev–Trinajstić information content (AvgIpc) is 3.06. The summed E-state index contributed by atoms with van der Waals surface area (Å²) in [5, 5.41) is 4.76. The van der Waals surface area contributed by atoms with Gasteiger partial charge in [-0.3, -0.25) is 4.79 Å². The fourth-order valence-electron chi connectivity index (χ4n) is 2.38. The fraction of sp³-hybridized carbons (Fsp3) is 0.429. The van der Waals surface area contributed by atoms with Gasteiger partial charge in [0.15, 0.2) is 5.13 Å². The first kappa shape index (κ1) is 13.6. The van der Waals surface area contributed by atoms with Crippen molar-refractivity contribution < 1.29 is 4.79 Å². The van der Waals surface area contributed by atoms with Crippen LogP contribution in [0.25, 0.3) is 10.2 Å². The zero-order valence-corrected chi connectivity index (χ0v) is 12.6. The van der Waals surface area contributed by atoms with Crippen molar-refractivity contribution in [1.82, 2.24) is 9.88 Å². The number of anilines is 1. The lowest BCUT2D eigenvalue weighted by atomic mass is 10.3. The Hall–Kier alpha value is -1.33. The predicted octanol–water partition coefficient (Wildman–Crippen LogP) is 3.37. The van der Waals surface area contributed by atoms with Gasteiger partial charge in [0.25, 0.3) is 0 Å². The minimum atomic E-state index is 0.235. The van der Waals surface area contributed by atoms with Gasteiger partial charge in [0, 0.05) is 31.1 Å². The SMILES string of the molecule is O=C(CCNc1nc2cc(Cl)ccc2s1)N1CCCC1. The number of fused-ring (bicyclic) bond motifs is 1. The Bertz CT molecular complexity index is 622. The summed E-state index contributed by atoms with van der Waals surface area (Å²) in [6.07, 6.45) is 2.80. The molecule has 1 amide bonds. The number of amides is 1. The van der Waals surface area contributed by atoms with Gasteiger partial charge in [-0.25, -0.2) is 4.98 Å². The smallest absolute Gasteiger partial charge is 0.224 e. The lowest BCUT2D eigenvalue weighted by molar-refractivity contribution is -0.129. The largest absolute Gasteiger partial charge is 0.361 e. The van der Waals surface area contributed by atoms with E-state index < -0.39 is 0 Å². The van der Waals surface area contributed by atoms with E-state index in [0.29, 0.717) is 18.0 Å². The normalized spacial score (nSPS) is 14.9. The lowest BCUT2D eigenvalue weighted by Gasteiger charge is -2.14. The van der Waals surface area contributed by atoms with Crippen LogP contribution in [0.5, 0.6) is 0 Å². The molecule has 4 nitrogen and oxygen atoms in total. The van der Waals surface area contributed by atoms with Crippen molar-refractivity contribution in [2.75, 3.05) is 25.0 Å². The number of benzene rings is 1. The zero-order chi connectivity index (χ0) is 13.9. The molecule has 2 aromatic rings. The number of carbonyl (C=O) groups excluding carboxylic acids is 1. The van der Waals surface area contributed by atoms with Crippen molar-refractivity contribution in [2.24, 2.45) is 0 Å². The van der Waals surface area contributed by atoms with Crippen LogP contribution in [0.15, 0.2) is 18.2 Å². The number of hydrogen-bond acceptors (Lipinski definition) is 4. The molecule has 0 saturated carbocycles. The summed E-state index contributed by atoms with van der Waals surface area (Å²) < 4.78 is 1.10. The monoisotopic (exact) mass is 309 g/mol. The second-order valence-corrected chi connectivity index (χ2v) is 6.36. The van der Waals surface area contributed by atoms with Crippen LogP contribution in [-0.2, 0) is 4.79 Å². The van der Waals surface area contributed by atoms with Gasteiger partial charge in [0.05, 0.1) is 10.2 Å². The van der Waals surface area contributed by atoms with Crippen molar-refractivity contribution in [3.8, 4) is 0 Å². The van der Waals surface area contributed by atoms with Crippen LogP contribution in [0.4, 0.5) is 5.13 Å². The summed E-state index contributed by atoms with van der Waals surface area (Å²) in [5.74, 6) is 0.235. The van der Waals surface area contributed by atoms with E-state index in [9.17, 15) is 4.79 Å². The van der Waals surface area contributed by atoms with Gasteiger partial charge in [-0.05, 0) is 31.0 Å². The Balaban J connectivity index is 1.55. The number of rotatable bonds is 4. The third kappa shape index (κ3) is 3.04. The molecule has 0 bridgehead atoms. The minimum absolute atomic E-state index is 0.235. The van der Waals surface area contributed by atoms with Gasteiger partial charge < -0.3 is 10.2 Å². The van der Waals surface area contributed by atoms with Gasteiger partial charge in [0.2, 0.25) is 5.91 Å². The third-order valence-electron chi connectivity index (χ3n) is 3.42. The van der Waals surface area contributed by atoms with E-state index >= 15 is 0 Å². The summed E-state index contributed by atoms with van der Waals surface area (Å²) in [4.78, 5) is 18.3. The minimum Gasteiger partial charge on any atom is -0.361 e. The Labute approximate surface area is 126 Å². The standard InChI is InChI=1S/C14H16ClN3OS/c15-10-3-4-12-11(9-10)17-14(20-12)16-6-5-13(19)18-7-1-2-8-18/h3-4,9H,1-2,5-8H2,(H,16,17). The van der Waals surface area contributed by atoms with E-state index in [4.69, 9.17) is 11.6 Å². The van der Waals surface area contributed by atoms with Crippen molar-refractivity contribution in [2.45, 2.75) is 19.3 Å². The van der Waals surface area contributed by atoms with E-state index in [1.54, 1.807) is 11.3 Å². The highest BCUT2D eigenvalue weighted by Gasteiger charge is 2.17. The van der Waals surface area contributed by atoms with Crippen molar-refractivity contribution in [3.63, 3.8) is 0 Å². The highest BCUT2D eigenvalue weighted by Crippen LogP contribution is 2.27. The number of halogens is 1. The van der Waals surface area contributed by atoms with Crippen LogP contribution >= 0.6 is 22.9 Å². The molecule has 1 fully saturated rings. The molecule has 2 heterocycles. The summed E-state index contributed by atoms with van der Waals surface area (Å²) >= 11 is 7.52. The molecule has 0 aliphatic carbocycles. The average molecular weight is 310 g/mol. The Morgan fingerprint density at radius 2 is 2.20 bits per heavy atom. The highest BCUT2D eigenvalue weighted by molar-refractivity contribution is 7.22. The molecule has 106 valence electrons. The van der Waals surface area contributed by atoms with Gasteiger partial charge in [0.1, 0.15) is 0 Å². The van der Waals surface area contributed by atoms with Crippen LogP contribution in [0.3, 0.4) is 0 Å². The molecule has 3 rings (SSSR count). The van der Waals surface area contributed by atoms with Gasteiger partial charge in [-0.2, -0.15) is 0 Å². The molecule has 1 N–H and O–H groups in total. The van der Waals surface area contributed by atoms with Crippen molar-refractivity contribution in [3.05, 3.63) is 23.2 Å². The highest BCUT2D eigenvalue weighted by atomic mass is 35.5. The first-order chi connectivity index (χ1) is 9.72. The second kappa shape index (κ2) is 5.97. The Morgan fingerprint density at radius 1 is 1.40 bits per heavy atom. The molecule has 0 atom stereocenters. The number of likely N-dealkylation sites (tertiary alicyclic amines) is 1. The molecule has 0 radical (unpaired) electrons. The number of nitrogens with zero attached hydrogens (tertiary/aromatic N) is 2. The first-order valence-electron chi connectivity index (χ1n) is 6.80. The van der Waals surface area contributed by atoms with Crippen molar-refractivity contribution in [1.29, 1.82) is 0 Å². The van der Waals surface area contributed by atoms with Gasteiger partial charge in [-0.15, -0.1) is 0 Å². The molecule has 1 aromatic heterocycles. The van der Waals surface area contributed by atoms with Crippen LogP contribution in [0.1, 0.15) is 19.3 Å². The maximum absolute atomic E-state index is 11.9. The number of nitrogens with one attached hydrogen (secondary N) is 1.